The van der Waals surface area contributed by atoms with E-state index in [1.54, 1.807) is 0 Å². The van der Waals surface area contributed by atoms with E-state index in [0.29, 0.717) is 0 Å². The van der Waals surface area contributed by atoms with Gasteiger partial charge >= 0.3 is 5.97 Å². The number of benzene rings is 1. The largest absolute Gasteiger partial charge is 0.482 e. The van der Waals surface area contributed by atoms with Gasteiger partial charge in [0.15, 0.2) is 12.4 Å². The van der Waals surface area contributed by atoms with Crippen molar-refractivity contribution in [2.45, 2.75) is 6.92 Å². The fraction of sp³-hybridized carbons (Fsp3) is 0.111. The van der Waals surface area contributed by atoms with Crippen LogP contribution < -0.4 is 4.74 Å². The zero-order valence-electron chi connectivity index (χ0n) is 13.6. The van der Waals surface area contributed by atoms with Gasteiger partial charge < -0.3 is 14.3 Å². The van der Waals surface area contributed by atoms with Gasteiger partial charge in [0.05, 0.1) is 11.1 Å². The van der Waals surface area contributed by atoms with Crippen molar-refractivity contribution in [3.05, 3.63) is 58.6 Å². The summed E-state index contributed by atoms with van der Waals surface area (Å²) < 4.78 is 10.2. The third kappa shape index (κ3) is 2.86. The third-order valence-electron chi connectivity index (χ3n) is 3.94. The van der Waals surface area contributed by atoms with Crippen molar-refractivity contribution in [1.82, 2.24) is 0 Å². The lowest BCUT2D eigenvalue weighted by molar-refractivity contribution is -0.139. The van der Waals surface area contributed by atoms with Crippen LogP contribution in [0.1, 0.15) is 39.0 Å². The summed E-state index contributed by atoms with van der Waals surface area (Å²) >= 11 is 0. The van der Waals surface area contributed by atoms with Crippen LogP contribution in [-0.4, -0.2) is 42.9 Å². The number of carboxylic acids is 1. The number of aliphatic carboxylic acids is 1. The molecule has 7 nitrogen and oxygen atoms in total. The molecule has 8 heteroatoms. The molecule has 1 heterocycles. The molecule has 3 rings (SSSR count). The normalized spacial score (nSPS) is 13.6. The molecule has 0 fully saturated rings. The summed E-state index contributed by atoms with van der Waals surface area (Å²) in [6.07, 6.45) is 1.10. The number of carboxylic acid groups (broad SMARTS) is 1. The van der Waals surface area contributed by atoms with Gasteiger partial charge in [0.25, 0.3) is 0 Å². The van der Waals surface area contributed by atoms with E-state index in [2.05, 4.69) is 0 Å². The Kier molecular flexibility index (Phi) is 4.34. The average Bonchev–Trinajstić information content (AvgIpc) is 3.08. The highest BCUT2D eigenvalue weighted by atomic mass is 16.5. The van der Waals surface area contributed by atoms with Crippen LogP contribution >= 0.6 is 0 Å². The molecule has 1 aliphatic carbocycles. The van der Waals surface area contributed by atoms with E-state index in [9.17, 15) is 19.2 Å². The van der Waals surface area contributed by atoms with Crippen LogP contribution in [0.5, 0.6) is 5.75 Å². The highest BCUT2D eigenvalue weighted by Gasteiger charge is 2.35. The molecule has 26 heavy (non-hydrogen) atoms. The lowest BCUT2D eigenvalue weighted by Crippen LogP contribution is -2.24. The van der Waals surface area contributed by atoms with E-state index in [0.717, 1.165) is 6.26 Å². The third-order valence-corrected chi connectivity index (χ3v) is 3.94. The Morgan fingerprint density at radius 2 is 1.81 bits per heavy atom. The predicted molar refractivity (Wildman–Crippen MR) is 89.4 cm³/mol. The Morgan fingerprint density at radius 1 is 1.15 bits per heavy atom. The number of ketones is 3. The summed E-state index contributed by atoms with van der Waals surface area (Å²) in [5.41, 5.74) is 0.112. The number of fused-ring (bicyclic) bond motifs is 1. The number of furan rings is 1. The monoisotopic (exact) mass is 350 g/mol. The van der Waals surface area contributed by atoms with E-state index in [1.807, 2.05) is 0 Å². The maximum absolute atomic E-state index is 12.7. The maximum atomic E-state index is 12.7. The molecule has 0 aliphatic heterocycles. The molecule has 1 aliphatic rings. The topological polar surface area (TPSA) is 111 Å². The molecular formula is C18H11BO7. The van der Waals surface area contributed by atoms with E-state index < -0.39 is 29.9 Å². The molecular weight excluding hydrogens is 339 g/mol. The molecule has 0 saturated carbocycles. The molecule has 1 aromatic heterocycles. The van der Waals surface area contributed by atoms with Gasteiger partial charge in [0, 0.05) is 5.56 Å². The van der Waals surface area contributed by atoms with Crippen molar-refractivity contribution >= 4 is 36.6 Å². The number of Topliss-reactive ketones (excluding diaryl/α,β-unsaturated/α-hetero) is 2. The number of hydrogen-bond donors (Lipinski definition) is 1. The molecule has 1 N–H and O–H groups in total. The highest BCUT2D eigenvalue weighted by Crippen LogP contribution is 2.32. The van der Waals surface area contributed by atoms with Gasteiger partial charge in [-0.2, -0.15) is 0 Å². The number of carbonyl (C=O) groups is 4. The van der Waals surface area contributed by atoms with Gasteiger partial charge in [-0.05, 0) is 42.2 Å². The van der Waals surface area contributed by atoms with Crippen LogP contribution in [-0.2, 0) is 9.59 Å². The van der Waals surface area contributed by atoms with Crippen molar-refractivity contribution < 1.29 is 33.4 Å². The molecule has 1 aromatic carbocycles. The lowest BCUT2D eigenvalue weighted by atomic mass is 9.78. The van der Waals surface area contributed by atoms with E-state index in [-0.39, 0.29) is 39.2 Å². The molecule has 0 saturated heterocycles. The minimum Gasteiger partial charge on any atom is -0.482 e. The quantitative estimate of drug-likeness (QED) is 0.496. The van der Waals surface area contributed by atoms with E-state index >= 15 is 0 Å². The summed E-state index contributed by atoms with van der Waals surface area (Å²) in [5, 5.41) is 8.58. The maximum Gasteiger partial charge on any atom is 0.341 e. The molecule has 2 aromatic rings. The van der Waals surface area contributed by atoms with Crippen LogP contribution in [0.2, 0.25) is 0 Å². The first kappa shape index (κ1) is 17.4. The average molecular weight is 350 g/mol. The molecule has 0 spiro atoms. The summed E-state index contributed by atoms with van der Waals surface area (Å²) in [6, 6.07) is 5.68. The van der Waals surface area contributed by atoms with Gasteiger partial charge in [0.1, 0.15) is 25.6 Å². The lowest BCUT2D eigenvalue weighted by Gasteiger charge is -2.13. The predicted octanol–water partition coefficient (Wildman–Crippen LogP) is 1.64. The van der Waals surface area contributed by atoms with Crippen LogP contribution in [0.15, 0.2) is 40.5 Å². The van der Waals surface area contributed by atoms with Crippen LogP contribution in [0.4, 0.5) is 0 Å². The second kappa shape index (κ2) is 6.47. The van der Waals surface area contributed by atoms with Gasteiger partial charge in [-0.15, -0.1) is 0 Å². The highest BCUT2D eigenvalue weighted by molar-refractivity contribution is 6.59. The Hall–Kier alpha value is -3.42. The molecule has 0 bridgehead atoms. The smallest absolute Gasteiger partial charge is 0.341 e. The van der Waals surface area contributed by atoms with E-state index in [1.165, 1.54) is 31.2 Å². The Morgan fingerprint density at radius 3 is 2.42 bits per heavy atom. The SMILES string of the molecule is [B]C1=C(C)C(=O)C(=O)c2c(C(=O)c3ccc(OCC(=O)O)cc3)coc21. The molecule has 128 valence electrons. The molecule has 2 radical (unpaired) electrons. The molecule has 0 atom stereocenters. The van der Waals surface area contributed by atoms with Gasteiger partial charge in [-0.3, -0.25) is 14.4 Å². The van der Waals surface area contributed by atoms with Crippen molar-refractivity contribution in [3.8, 4) is 5.75 Å². The van der Waals surface area contributed by atoms with E-state index in [4.69, 9.17) is 22.1 Å². The fourth-order valence-electron chi connectivity index (χ4n) is 2.53. The standard InChI is InChI=1S/C18H11BO7/c1-8-14(19)18-13(17(24)15(8)22)11(6-26-18)16(23)9-2-4-10(5-3-9)25-7-12(20)21/h2-6H,7H2,1H3,(H,20,21). The number of allylic oxidation sites excluding steroid dienone is 1. The fourth-order valence-corrected chi connectivity index (χ4v) is 2.53. The van der Waals surface area contributed by atoms with Crippen molar-refractivity contribution in [3.63, 3.8) is 0 Å². The summed E-state index contributed by atoms with van der Waals surface area (Å²) in [4.78, 5) is 47.4. The summed E-state index contributed by atoms with van der Waals surface area (Å²) in [5.74, 6) is -3.00. The first-order valence-electron chi connectivity index (χ1n) is 7.47. The van der Waals surface area contributed by atoms with Crippen molar-refractivity contribution in [2.75, 3.05) is 6.61 Å². The van der Waals surface area contributed by atoms with Gasteiger partial charge in [-0.25, -0.2) is 4.79 Å². The summed E-state index contributed by atoms with van der Waals surface area (Å²) in [6.45, 7) is 0.905. The van der Waals surface area contributed by atoms with Crippen LogP contribution in [0.25, 0.3) is 5.47 Å². The minimum absolute atomic E-state index is 0.0110. The second-order valence-electron chi connectivity index (χ2n) is 5.59. The second-order valence-corrected chi connectivity index (χ2v) is 5.59. The minimum atomic E-state index is -1.13. The zero-order chi connectivity index (χ0) is 19.0. The Bertz CT molecular complexity index is 979. The molecule has 0 amide bonds. The number of hydrogen-bond acceptors (Lipinski definition) is 6. The van der Waals surface area contributed by atoms with Crippen molar-refractivity contribution in [1.29, 1.82) is 0 Å². The number of carbonyl (C=O) groups excluding carboxylic acids is 3. The molecule has 0 unspecified atom stereocenters. The van der Waals surface area contributed by atoms with Gasteiger partial charge in [0.2, 0.25) is 11.6 Å². The summed E-state index contributed by atoms with van der Waals surface area (Å²) in [7, 11) is 5.81. The van der Waals surface area contributed by atoms with Gasteiger partial charge in [-0.1, -0.05) is 0 Å². The Balaban J connectivity index is 1.93. The number of ether oxygens (including phenoxy) is 1. The first-order valence-corrected chi connectivity index (χ1v) is 7.47. The Labute approximate surface area is 148 Å². The van der Waals surface area contributed by atoms with Crippen LogP contribution in [0.3, 0.4) is 0 Å². The zero-order valence-corrected chi connectivity index (χ0v) is 13.6. The number of rotatable bonds is 5. The van der Waals surface area contributed by atoms with Crippen LogP contribution in [0, 0.1) is 0 Å². The van der Waals surface area contributed by atoms with Crippen molar-refractivity contribution in [2.24, 2.45) is 0 Å². The first-order chi connectivity index (χ1) is 12.3.